The van der Waals surface area contributed by atoms with Gasteiger partial charge >= 0.3 is 0 Å². The fourth-order valence-corrected chi connectivity index (χ4v) is 3.11. The first kappa shape index (κ1) is 11.2. The number of nitrogens with one attached hydrogen (secondary N) is 1. The largest absolute Gasteiger partial charge is 0.351 e. The molecule has 2 aliphatic carbocycles. The normalized spacial score (nSPS) is 21.5. The Morgan fingerprint density at radius 1 is 1.35 bits per heavy atom. The zero-order valence-electron chi connectivity index (χ0n) is 9.76. The molecule has 1 unspecified atom stereocenters. The highest BCUT2D eigenvalue weighted by Crippen LogP contribution is 2.44. The molecular formula is C13H18N2OS. The first-order chi connectivity index (χ1) is 8.25. The van der Waals surface area contributed by atoms with Gasteiger partial charge in [0, 0.05) is 10.9 Å². The van der Waals surface area contributed by atoms with E-state index in [1.165, 1.54) is 25.7 Å². The molecule has 0 saturated heterocycles. The molecule has 0 radical (unpaired) electrons. The van der Waals surface area contributed by atoms with Crippen LogP contribution in [-0.4, -0.2) is 11.9 Å². The standard InChI is InChI=1S/C13H18N2OS/c14-11(10-2-1-7-17-10)13(16)15-12(8-3-4-8)9-5-6-9/h1-2,7-9,11-12H,3-6,14H2,(H,15,16). The van der Waals surface area contributed by atoms with Crippen LogP contribution in [0.1, 0.15) is 36.6 Å². The predicted molar refractivity (Wildman–Crippen MR) is 68.6 cm³/mol. The van der Waals surface area contributed by atoms with Crippen molar-refractivity contribution in [3.8, 4) is 0 Å². The Bertz CT molecular complexity index is 384. The first-order valence-electron chi connectivity index (χ1n) is 6.35. The van der Waals surface area contributed by atoms with Crippen molar-refractivity contribution in [2.45, 2.75) is 37.8 Å². The number of thiophene rings is 1. The highest BCUT2D eigenvalue weighted by Gasteiger charge is 2.42. The Morgan fingerprint density at radius 2 is 2.00 bits per heavy atom. The average Bonchev–Trinajstić information content (AvgIpc) is 3.25. The molecular weight excluding hydrogens is 232 g/mol. The molecule has 0 aromatic carbocycles. The molecule has 3 rings (SSSR count). The average molecular weight is 250 g/mol. The number of carbonyl (C=O) groups excluding carboxylic acids is 1. The highest BCUT2D eigenvalue weighted by atomic mass is 32.1. The molecule has 0 aliphatic heterocycles. The third-order valence-corrected chi connectivity index (χ3v) is 4.66. The second kappa shape index (κ2) is 4.42. The summed E-state index contributed by atoms with van der Waals surface area (Å²) in [6.07, 6.45) is 5.09. The summed E-state index contributed by atoms with van der Waals surface area (Å²) < 4.78 is 0. The van der Waals surface area contributed by atoms with E-state index in [0.717, 1.165) is 16.7 Å². The van der Waals surface area contributed by atoms with E-state index < -0.39 is 6.04 Å². The van der Waals surface area contributed by atoms with Gasteiger partial charge in [-0.3, -0.25) is 4.79 Å². The van der Waals surface area contributed by atoms with E-state index in [-0.39, 0.29) is 5.91 Å². The van der Waals surface area contributed by atoms with Crippen molar-refractivity contribution in [1.29, 1.82) is 0 Å². The van der Waals surface area contributed by atoms with E-state index in [1.54, 1.807) is 11.3 Å². The molecule has 2 saturated carbocycles. The van der Waals surface area contributed by atoms with Gasteiger partial charge in [0.15, 0.2) is 0 Å². The molecule has 1 heterocycles. The predicted octanol–water partition coefficient (Wildman–Crippen LogP) is 2.05. The van der Waals surface area contributed by atoms with Gasteiger partial charge in [0.2, 0.25) is 5.91 Å². The van der Waals surface area contributed by atoms with Crippen LogP contribution in [-0.2, 0) is 4.79 Å². The maximum absolute atomic E-state index is 12.1. The lowest BCUT2D eigenvalue weighted by atomic mass is 10.1. The number of carbonyl (C=O) groups is 1. The van der Waals surface area contributed by atoms with Crippen LogP contribution < -0.4 is 11.1 Å². The summed E-state index contributed by atoms with van der Waals surface area (Å²) in [5.41, 5.74) is 5.97. The van der Waals surface area contributed by atoms with Crippen molar-refractivity contribution in [2.24, 2.45) is 17.6 Å². The Labute approximate surface area is 105 Å². The zero-order valence-corrected chi connectivity index (χ0v) is 10.6. The van der Waals surface area contributed by atoms with Crippen LogP contribution in [0.4, 0.5) is 0 Å². The van der Waals surface area contributed by atoms with E-state index in [1.807, 2.05) is 17.5 Å². The molecule has 2 aliphatic rings. The maximum atomic E-state index is 12.1. The minimum atomic E-state index is -0.491. The number of rotatable bonds is 5. The number of hydrogen-bond acceptors (Lipinski definition) is 3. The second-order valence-electron chi connectivity index (χ2n) is 5.20. The summed E-state index contributed by atoms with van der Waals surface area (Å²) in [4.78, 5) is 13.0. The number of hydrogen-bond donors (Lipinski definition) is 2. The summed E-state index contributed by atoms with van der Waals surface area (Å²) in [6, 6.07) is 3.77. The van der Waals surface area contributed by atoms with Crippen molar-refractivity contribution in [3.05, 3.63) is 22.4 Å². The van der Waals surface area contributed by atoms with Crippen molar-refractivity contribution in [3.63, 3.8) is 0 Å². The Morgan fingerprint density at radius 3 is 2.47 bits per heavy atom. The van der Waals surface area contributed by atoms with Gasteiger partial charge in [0.05, 0.1) is 0 Å². The van der Waals surface area contributed by atoms with Gasteiger partial charge in [-0.1, -0.05) is 6.07 Å². The van der Waals surface area contributed by atoms with Gasteiger partial charge in [-0.15, -0.1) is 11.3 Å². The molecule has 0 bridgehead atoms. The SMILES string of the molecule is NC(C(=O)NC(C1CC1)C1CC1)c1cccs1. The van der Waals surface area contributed by atoms with Crippen molar-refractivity contribution < 1.29 is 4.79 Å². The van der Waals surface area contributed by atoms with Crippen LogP contribution in [0.15, 0.2) is 17.5 Å². The van der Waals surface area contributed by atoms with Gasteiger partial charge < -0.3 is 11.1 Å². The van der Waals surface area contributed by atoms with Crippen molar-refractivity contribution >= 4 is 17.2 Å². The van der Waals surface area contributed by atoms with E-state index in [0.29, 0.717) is 6.04 Å². The van der Waals surface area contributed by atoms with Gasteiger partial charge in [0.25, 0.3) is 0 Å². The molecule has 3 N–H and O–H groups in total. The summed E-state index contributed by atoms with van der Waals surface area (Å²) >= 11 is 1.55. The molecule has 1 aromatic rings. The summed E-state index contributed by atoms with van der Waals surface area (Å²) in [5, 5.41) is 5.13. The number of nitrogens with two attached hydrogens (primary N) is 1. The van der Waals surface area contributed by atoms with Crippen LogP contribution in [0.2, 0.25) is 0 Å². The molecule has 3 nitrogen and oxygen atoms in total. The minimum Gasteiger partial charge on any atom is -0.351 e. The first-order valence-corrected chi connectivity index (χ1v) is 7.23. The molecule has 0 spiro atoms. The lowest BCUT2D eigenvalue weighted by Gasteiger charge is -2.20. The molecule has 92 valence electrons. The van der Waals surface area contributed by atoms with E-state index >= 15 is 0 Å². The lowest BCUT2D eigenvalue weighted by molar-refractivity contribution is -0.123. The zero-order chi connectivity index (χ0) is 11.8. The summed E-state index contributed by atoms with van der Waals surface area (Å²) in [6.45, 7) is 0. The quantitative estimate of drug-likeness (QED) is 0.840. The molecule has 1 atom stereocenters. The Balaban J connectivity index is 1.61. The minimum absolute atomic E-state index is 0.00347. The van der Waals surface area contributed by atoms with Gasteiger partial charge in [-0.25, -0.2) is 0 Å². The third kappa shape index (κ3) is 2.53. The Hall–Kier alpha value is -0.870. The highest BCUT2D eigenvalue weighted by molar-refractivity contribution is 7.10. The molecule has 1 amide bonds. The monoisotopic (exact) mass is 250 g/mol. The van der Waals surface area contributed by atoms with Crippen LogP contribution >= 0.6 is 11.3 Å². The Kier molecular flexibility index (Phi) is 2.92. The van der Waals surface area contributed by atoms with Gasteiger partial charge in [-0.2, -0.15) is 0 Å². The number of amides is 1. The van der Waals surface area contributed by atoms with Gasteiger partial charge in [0.1, 0.15) is 6.04 Å². The van der Waals surface area contributed by atoms with Crippen LogP contribution in [0.25, 0.3) is 0 Å². The van der Waals surface area contributed by atoms with E-state index in [2.05, 4.69) is 5.32 Å². The third-order valence-electron chi connectivity index (χ3n) is 3.70. The summed E-state index contributed by atoms with van der Waals surface area (Å²) in [7, 11) is 0. The lowest BCUT2D eigenvalue weighted by Crippen LogP contribution is -2.42. The van der Waals surface area contributed by atoms with Crippen molar-refractivity contribution in [1.82, 2.24) is 5.32 Å². The fraction of sp³-hybridized carbons (Fsp3) is 0.615. The smallest absolute Gasteiger partial charge is 0.242 e. The van der Waals surface area contributed by atoms with E-state index in [4.69, 9.17) is 5.73 Å². The van der Waals surface area contributed by atoms with E-state index in [9.17, 15) is 4.79 Å². The maximum Gasteiger partial charge on any atom is 0.242 e. The second-order valence-corrected chi connectivity index (χ2v) is 6.18. The molecule has 4 heteroatoms. The van der Waals surface area contributed by atoms with Crippen LogP contribution in [0, 0.1) is 11.8 Å². The van der Waals surface area contributed by atoms with Gasteiger partial charge in [-0.05, 0) is 49.0 Å². The fourth-order valence-electron chi connectivity index (χ4n) is 2.38. The van der Waals surface area contributed by atoms with Crippen LogP contribution in [0.3, 0.4) is 0 Å². The molecule has 17 heavy (non-hydrogen) atoms. The summed E-state index contributed by atoms with van der Waals surface area (Å²) in [5.74, 6) is 1.44. The topological polar surface area (TPSA) is 55.1 Å². The van der Waals surface area contributed by atoms with Crippen molar-refractivity contribution in [2.75, 3.05) is 0 Å². The van der Waals surface area contributed by atoms with Crippen LogP contribution in [0.5, 0.6) is 0 Å². The molecule has 1 aromatic heterocycles. The molecule has 2 fully saturated rings.